The number of carboxylic acids is 1. The van der Waals surface area contributed by atoms with E-state index >= 15 is 0 Å². The summed E-state index contributed by atoms with van der Waals surface area (Å²) < 4.78 is 5.35. The number of anilines is 1. The third-order valence-corrected chi connectivity index (χ3v) is 5.43. The zero-order valence-electron chi connectivity index (χ0n) is 17.9. The van der Waals surface area contributed by atoms with Crippen molar-refractivity contribution in [2.24, 2.45) is 5.73 Å². The molecule has 0 aliphatic carbocycles. The number of methoxy groups -OCH3 is 1. The van der Waals surface area contributed by atoms with E-state index in [0.29, 0.717) is 6.42 Å². The molecule has 3 N–H and O–H groups in total. The summed E-state index contributed by atoms with van der Waals surface area (Å²) in [6.45, 7) is 0.780. The minimum absolute atomic E-state index is 0.0163. The van der Waals surface area contributed by atoms with E-state index in [-0.39, 0.29) is 6.04 Å². The van der Waals surface area contributed by atoms with Gasteiger partial charge in [-0.25, -0.2) is 0 Å². The van der Waals surface area contributed by atoms with Crippen LogP contribution in [0.5, 0.6) is 5.75 Å². The summed E-state index contributed by atoms with van der Waals surface area (Å²) in [5.41, 5.74) is 9.17. The molecule has 0 aromatic heterocycles. The molecule has 3 aromatic rings. The second-order valence-corrected chi connectivity index (χ2v) is 7.56. The lowest BCUT2D eigenvalue weighted by atomic mass is 9.95. The van der Waals surface area contributed by atoms with E-state index in [4.69, 9.17) is 15.6 Å². The first-order chi connectivity index (χ1) is 15.1. The molecule has 0 aliphatic heterocycles. The summed E-state index contributed by atoms with van der Waals surface area (Å²) in [7, 11) is 1.67. The Bertz CT molecular complexity index is 930. The number of ether oxygens (including phenoxy) is 1. The molecule has 0 heterocycles. The molecule has 5 heteroatoms. The second kappa shape index (κ2) is 11.2. The number of aliphatic carboxylic acids is 1. The highest BCUT2D eigenvalue weighted by atomic mass is 16.5. The highest BCUT2D eigenvalue weighted by Gasteiger charge is 2.23. The molecule has 3 aromatic carbocycles. The smallest absolute Gasteiger partial charge is 0.320 e. The van der Waals surface area contributed by atoms with Crippen LogP contribution in [0.2, 0.25) is 0 Å². The van der Waals surface area contributed by atoms with Crippen LogP contribution in [-0.4, -0.2) is 30.8 Å². The van der Waals surface area contributed by atoms with E-state index < -0.39 is 12.0 Å². The van der Waals surface area contributed by atoms with Crippen LogP contribution in [0, 0.1) is 0 Å². The van der Waals surface area contributed by atoms with Crippen LogP contribution in [0.4, 0.5) is 5.69 Å². The molecular formula is C26H30N2O3. The van der Waals surface area contributed by atoms with Crippen molar-refractivity contribution in [3.05, 3.63) is 96.1 Å². The summed E-state index contributed by atoms with van der Waals surface area (Å²) in [5.74, 6) is -0.121. The van der Waals surface area contributed by atoms with Gasteiger partial charge in [0, 0.05) is 12.2 Å². The maximum atomic E-state index is 11.0. The topological polar surface area (TPSA) is 75.8 Å². The number of nitrogens with two attached hydrogens (primary N) is 1. The number of hydrogen-bond donors (Lipinski definition) is 2. The van der Waals surface area contributed by atoms with Crippen LogP contribution in [-0.2, 0) is 4.79 Å². The molecule has 2 unspecified atom stereocenters. The Hall–Kier alpha value is -3.31. The summed E-state index contributed by atoms with van der Waals surface area (Å²) in [4.78, 5) is 13.4. The van der Waals surface area contributed by atoms with Gasteiger partial charge in [-0.05, 0) is 54.7 Å². The van der Waals surface area contributed by atoms with Gasteiger partial charge < -0.3 is 20.5 Å². The number of para-hydroxylation sites is 1. The predicted molar refractivity (Wildman–Crippen MR) is 125 cm³/mol. The van der Waals surface area contributed by atoms with Crippen molar-refractivity contribution in [3.8, 4) is 5.75 Å². The van der Waals surface area contributed by atoms with E-state index in [1.165, 1.54) is 5.56 Å². The van der Waals surface area contributed by atoms with Crippen LogP contribution in [0.1, 0.15) is 36.4 Å². The fraction of sp³-hybridized carbons (Fsp3) is 0.269. The van der Waals surface area contributed by atoms with Gasteiger partial charge in [0.1, 0.15) is 11.8 Å². The third kappa shape index (κ3) is 6.09. The molecule has 0 radical (unpaired) electrons. The SMILES string of the molecule is COc1ccc(C(c2ccccc2)N(CCCCC(N)C(=O)O)c2ccccc2)cc1. The van der Waals surface area contributed by atoms with Crippen LogP contribution in [0.15, 0.2) is 84.9 Å². The molecule has 2 atom stereocenters. The molecule has 0 saturated heterocycles. The standard InChI is InChI=1S/C26H30N2O3/c1-31-23-17-15-21(16-18-23)25(20-10-4-2-5-11-20)28(22-12-6-3-7-13-22)19-9-8-14-24(27)26(29)30/h2-7,10-13,15-18,24-25H,8-9,14,19,27H2,1H3,(H,29,30). The molecule has 0 bridgehead atoms. The number of unbranched alkanes of at least 4 members (excludes halogenated alkanes) is 1. The zero-order valence-corrected chi connectivity index (χ0v) is 17.9. The number of carbonyl (C=O) groups is 1. The molecular weight excluding hydrogens is 388 g/mol. The normalized spacial score (nSPS) is 12.7. The summed E-state index contributed by atoms with van der Waals surface area (Å²) in [5, 5.41) is 9.05. The molecule has 3 rings (SSSR count). The van der Waals surface area contributed by atoms with Gasteiger partial charge in [-0.1, -0.05) is 60.7 Å². The van der Waals surface area contributed by atoms with Crippen molar-refractivity contribution >= 4 is 11.7 Å². The summed E-state index contributed by atoms with van der Waals surface area (Å²) in [6, 6.07) is 28.1. The van der Waals surface area contributed by atoms with Crippen molar-refractivity contribution in [3.63, 3.8) is 0 Å². The van der Waals surface area contributed by atoms with Crippen LogP contribution in [0.3, 0.4) is 0 Å². The third-order valence-electron chi connectivity index (χ3n) is 5.43. The van der Waals surface area contributed by atoms with E-state index in [9.17, 15) is 4.79 Å². The molecule has 0 fully saturated rings. The van der Waals surface area contributed by atoms with Crippen molar-refractivity contribution in [2.75, 3.05) is 18.6 Å². The molecule has 0 spiro atoms. The number of nitrogens with zero attached hydrogens (tertiary/aromatic N) is 1. The van der Waals surface area contributed by atoms with E-state index in [0.717, 1.165) is 36.4 Å². The van der Waals surface area contributed by atoms with E-state index in [1.807, 2.05) is 36.4 Å². The Labute approximate surface area is 184 Å². The minimum atomic E-state index is -0.944. The van der Waals surface area contributed by atoms with Gasteiger partial charge in [-0.2, -0.15) is 0 Å². The maximum Gasteiger partial charge on any atom is 0.320 e. The maximum absolute atomic E-state index is 11.0. The number of benzene rings is 3. The Morgan fingerprint density at radius 3 is 2.06 bits per heavy atom. The van der Waals surface area contributed by atoms with Gasteiger partial charge in [0.15, 0.2) is 0 Å². The van der Waals surface area contributed by atoms with Crippen LogP contribution < -0.4 is 15.4 Å². The monoisotopic (exact) mass is 418 g/mol. The van der Waals surface area contributed by atoms with Crippen molar-refractivity contribution in [1.29, 1.82) is 0 Å². The number of carboxylic acid groups (broad SMARTS) is 1. The molecule has 5 nitrogen and oxygen atoms in total. The summed E-state index contributed by atoms with van der Waals surface area (Å²) >= 11 is 0. The van der Waals surface area contributed by atoms with Crippen LogP contribution in [0.25, 0.3) is 0 Å². The molecule has 0 aliphatic rings. The Kier molecular flexibility index (Phi) is 8.07. The molecule has 31 heavy (non-hydrogen) atoms. The molecule has 0 amide bonds. The van der Waals surface area contributed by atoms with Crippen molar-refractivity contribution in [2.45, 2.75) is 31.3 Å². The fourth-order valence-electron chi connectivity index (χ4n) is 3.77. The second-order valence-electron chi connectivity index (χ2n) is 7.56. The van der Waals surface area contributed by atoms with Gasteiger partial charge in [0.25, 0.3) is 0 Å². The van der Waals surface area contributed by atoms with E-state index in [2.05, 4.69) is 53.4 Å². The lowest BCUT2D eigenvalue weighted by Gasteiger charge is -2.35. The molecule has 0 saturated carbocycles. The first-order valence-corrected chi connectivity index (χ1v) is 10.6. The van der Waals surface area contributed by atoms with Gasteiger partial charge in [0.2, 0.25) is 0 Å². The van der Waals surface area contributed by atoms with Gasteiger partial charge in [-0.3, -0.25) is 4.79 Å². The largest absolute Gasteiger partial charge is 0.497 e. The van der Waals surface area contributed by atoms with Crippen molar-refractivity contribution < 1.29 is 14.6 Å². The number of hydrogen-bond acceptors (Lipinski definition) is 4. The van der Waals surface area contributed by atoms with Crippen molar-refractivity contribution in [1.82, 2.24) is 0 Å². The van der Waals surface area contributed by atoms with E-state index in [1.54, 1.807) is 7.11 Å². The van der Waals surface area contributed by atoms with Gasteiger partial charge >= 0.3 is 5.97 Å². The lowest BCUT2D eigenvalue weighted by molar-refractivity contribution is -0.138. The van der Waals surface area contributed by atoms with Gasteiger partial charge in [-0.15, -0.1) is 0 Å². The average molecular weight is 419 g/mol. The highest BCUT2D eigenvalue weighted by Crippen LogP contribution is 2.34. The minimum Gasteiger partial charge on any atom is -0.497 e. The zero-order chi connectivity index (χ0) is 22.1. The first kappa shape index (κ1) is 22.4. The predicted octanol–water partition coefficient (Wildman–Crippen LogP) is 4.87. The Morgan fingerprint density at radius 1 is 0.903 bits per heavy atom. The van der Waals surface area contributed by atoms with Crippen LogP contribution >= 0.6 is 0 Å². The first-order valence-electron chi connectivity index (χ1n) is 10.6. The Morgan fingerprint density at radius 2 is 1.48 bits per heavy atom. The quantitative estimate of drug-likeness (QED) is 0.434. The molecule has 162 valence electrons. The fourth-order valence-corrected chi connectivity index (χ4v) is 3.77. The Balaban J connectivity index is 1.91. The average Bonchev–Trinajstić information content (AvgIpc) is 2.82. The number of rotatable bonds is 11. The highest BCUT2D eigenvalue weighted by molar-refractivity contribution is 5.72. The lowest BCUT2D eigenvalue weighted by Crippen LogP contribution is -2.32. The van der Waals surface area contributed by atoms with Gasteiger partial charge in [0.05, 0.1) is 13.2 Å². The summed E-state index contributed by atoms with van der Waals surface area (Å²) in [6.07, 6.45) is 2.06.